The molecule has 6 heteroatoms. The Morgan fingerprint density at radius 3 is 1.96 bits per heavy atom. The van der Waals surface area contributed by atoms with Crippen molar-refractivity contribution in [1.82, 2.24) is 5.48 Å². The molecule has 0 saturated heterocycles. The van der Waals surface area contributed by atoms with Crippen LogP contribution in [0.25, 0.3) is 0 Å². The van der Waals surface area contributed by atoms with Crippen molar-refractivity contribution < 1.29 is 24.0 Å². The van der Waals surface area contributed by atoms with Gasteiger partial charge in [-0.25, -0.2) is 5.48 Å². The lowest BCUT2D eigenvalue weighted by Gasteiger charge is -2.19. The van der Waals surface area contributed by atoms with E-state index in [4.69, 9.17) is 9.57 Å². The summed E-state index contributed by atoms with van der Waals surface area (Å²) in [7, 11) is 0. The largest absolute Gasteiger partial charge is 0.460 e. The Balaban J connectivity index is 2.38. The van der Waals surface area contributed by atoms with Gasteiger partial charge in [0, 0.05) is 23.0 Å². The standard InChI is InChI=1S/C20H29NO5/c1-19(2,3)17(23)14-9-11-15(12-10-14)18(24)21-25-13-7-8-16(22)26-20(4,5)6/h9-12H,7-8,13H2,1-6H3,(H,21,24). The zero-order valence-corrected chi connectivity index (χ0v) is 16.5. The molecule has 0 unspecified atom stereocenters. The molecule has 1 aromatic rings. The molecule has 0 atom stereocenters. The van der Waals surface area contributed by atoms with Crippen molar-refractivity contribution in [1.29, 1.82) is 0 Å². The second kappa shape index (κ2) is 8.94. The number of nitrogens with one attached hydrogen (secondary N) is 1. The number of hydrogen-bond acceptors (Lipinski definition) is 5. The Morgan fingerprint density at radius 1 is 0.923 bits per heavy atom. The first-order valence-electron chi connectivity index (χ1n) is 8.69. The third-order valence-corrected chi connectivity index (χ3v) is 3.30. The van der Waals surface area contributed by atoms with Crippen LogP contribution < -0.4 is 5.48 Å². The van der Waals surface area contributed by atoms with Gasteiger partial charge in [0.2, 0.25) is 0 Å². The van der Waals surface area contributed by atoms with Crippen LogP contribution in [0.15, 0.2) is 24.3 Å². The number of amides is 1. The third kappa shape index (κ3) is 7.78. The number of benzene rings is 1. The number of hydrogen-bond donors (Lipinski definition) is 1. The van der Waals surface area contributed by atoms with Crippen LogP contribution in [0.4, 0.5) is 0 Å². The Labute approximate surface area is 155 Å². The molecule has 144 valence electrons. The van der Waals surface area contributed by atoms with Crippen LogP contribution in [-0.2, 0) is 14.4 Å². The van der Waals surface area contributed by atoms with E-state index in [2.05, 4.69) is 5.48 Å². The number of carbonyl (C=O) groups is 3. The molecular weight excluding hydrogens is 334 g/mol. The third-order valence-electron chi connectivity index (χ3n) is 3.30. The topological polar surface area (TPSA) is 81.7 Å². The van der Waals surface area contributed by atoms with Crippen molar-refractivity contribution in [2.24, 2.45) is 5.41 Å². The molecule has 1 rings (SSSR count). The van der Waals surface area contributed by atoms with E-state index in [0.717, 1.165) is 0 Å². The number of hydroxylamine groups is 1. The normalized spacial score (nSPS) is 11.8. The number of ether oxygens (including phenoxy) is 1. The number of Topliss-reactive ketones (excluding diaryl/α,β-unsaturated/α-hetero) is 1. The Bertz CT molecular complexity index is 636. The van der Waals surface area contributed by atoms with Crippen molar-refractivity contribution in [2.45, 2.75) is 60.0 Å². The van der Waals surface area contributed by atoms with E-state index in [1.807, 2.05) is 41.5 Å². The van der Waals surface area contributed by atoms with E-state index < -0.39 is 16.9 Å². The highest BCUT2D eigenvalue weighted by Gasteiger charge is 2.22. The molecule has 1 N–H and O–H groups in total. The molecule has 1 amide bonds. The van der Waals surface area contributed by atoms with Crippen LogP contribution >= 0.6 is 0 Å². The molecule has 0 aliphatic heterocycles. The number of carbonyl (C=O) groups excluding carboxylic acids is 3. The molecule has 0 heterocycles. The summed E-state index contributed by atoms with van der Waals surface area (Å²) >= 11 is 0. The molecule has 1 aromatic carbocycles. The molecule has 0 aliphatic carbocycles. The second-order valence-corrected chi connectivity index (χ2v) is 8.13. The minimum atomic E-state index is -0.507. The van der Waals surface area contributed by atoms with Crippen LogP contribution in [0.5, 0.6) is 0 Å². The lowest BCUT2D eigenvalue weighted by Crippen LogP contribution is -2.26. The zero-order chi connectivity index (χ0) is 20.0. The molecule has 0 spiro atoms. The van der Waals surface area contributed by atoms with Crippen LogP contribution in [0.3, 0.4) is 0 Å². The quantitative estimate of drug-likeness (QED) is 0.346. The molecular formula is C20H29NO5. The number of esters is 1. The monoisotopic (exact) mass is 363 g/mol. The summed E-state index contributed by atoms with van der Waals surface area (Å²) in [5, 5.41) is 0. The molecule has 0 bridgehead atoms. The van der Waals surface area contributed by atoms with Gasteiger partial charge in [-0.1, -0.05) is 32.9 Å². The summed E-state index contributed by atoms with van der Waals surface area (Å²) in [6.07, 6.45) is 0.658. The Kier molecular flexibility index (Phi) is 7.51. The fraction of sp³-hybridized carbons (Fsp3) is 0.550. The first-order chi connectivity index (χ1) is 11.9. The average molecular weight is 363 g/mol. The van der Waals surface area contributed by atoms with Gasteiger partial charge >= 0.3 is 5.97 Å². The van der Waals surface area contributed by atoms with Gasteiger partial charge in [-0.05, 0) is 39.3 Å². The van der Waals surface area contributed by atoms with Crippen molar-refractivity contribution in [3.8, 4) is 0 Å². The SMILES string of the molecule is CC(C)(C)OC(=O)CCCONC(=O)c1ccc(C(=O)C(C)(C)C)cc1. The number of ketones is 1. The molecule has 0 fully saturated rings. The fourth-order valence-electron chi connectivity index (χ4n) is 2.06. The van der Waals surface area contributed by atoms with Crippen LogP contribution in [0.1, 0.15) is 75.1 Å². The smallest absolute Gasteiger partial charge is 0.306 e. The highest BCUT2D eigenvalue weighted by molar-refractivity contribution is 6.01. The van der Waals surface area contributed by atoms with E-state index in [1.54, 1.807) is 24.3 Å². The molecule has 0 saturated carbocycles. The van der Waals surface area contributed by atoms with Crippen LogP contribution in [0.2, 0.25) is 0 Å². The number of rotatable bonds is 7. The highest BCUT2D eigenvalue weighted by atomic mass is 16.6. The second-order valence-electron chi connectivity index (χ2n) is 8.13. The van der Waals surface area contributed by atoms with Crippen molar-refractivity contribution in [2.75, 3.05) is 6.61 Å². The summed E-state index contributed by atoms with van der Waals surface area (Å²) in [5.74, 6) is -0.689. The van der Waals surface area contributed by atoms with Crippen molar-refractivity contribution in [3.63, 3.8) is 0 Å². The molecule has 0 aliphatic rings. The average Bonchev–Trinajstić information content (AvgIpc) is 2.51. The fourth-order valence-corrected chi connectivity index (χ4v) is 2.06. The van der Waals surface area contributed by atoms with Gasteiger partial charge in [0.05, 0.1) is 6.61 Å². The summed E-state index contributed by atoms with van der Waals surface area (Å²) in [6.45, 7) is 11.2. The predicted octanol–water partition coefficient (Wildman–Crippen LogP) is 3.70. The summed E-state index contributed by atoms with van der Waals surface area (Å²) < 4.78 is 5.18. The van der Waals surface area contributed by atoms with Crippen molar-refractivity contribution in [3.05, 3.63) is 35.4 Å². The maximum absolute atomic E-state index is 12.2. The van der Waals surface area contributed by atoms with E-state index in [9.17, 15) is 14.4 Å². The van der Waals surface area contributed by atoms with Gasteiger partial charge in [-0.15, -0.1) is 0 Å². The van der Waals surface area contributed by atoms with Crippen molar-refractivity contribution >= 4 is 17.7 Å². The first kappa shape index (κ1) is 21.8. The lowest BCUT2D eigenvalue weighted by atomic mass is 9.86. The first-order valence-corrected chi connectivity index (χ1v) is 8.69. The van der Waals surface area contributed by atoms with E-state index in [1.165, 1.54) is 0 Å². The van der Waals surface area contributed by atoms with Gasteiger partial charge in [0.25, 0.3) is 5.91 Å². The van der Waals surface area contributed by atoms with E-state index in [0.29, 0.717) is 17.5 Å². The Hall–Kier alpha value is -2.21. The van der Waals surface area contributed by atoms with E-state index in [-0.39, 0.29) is 24.8 Å². The van der Waals surface area contributed by atoms with Gasteiger partial charge in [0.15, 0.2) is 5.78 Å². The van der Waals surface area contributed by atoms with Crippen LogP contribution in [-0.4, -0.2) is 29.9 Å². The summed E-state index contributed by atoms with van der Waals surface area (Å²) in [4.78, 5) is 40.8. The van der Waals surface area contributed by atoms with Gasteiger partial charge < -0.3 is 4.74 Å². The highest BCUT2D eigenvalue weighted by Crippen LogP contribution is 2.20. The minimum Gasteiger partial charge on any atom is -0.460 e. The van der Waals surface area contributed by atoms with Gasteiger partial charge in [0.1, 0.15) is 5.60 Å². The summed E-state index contributed by atoms with van der Waals surface area (Å²) in [6, 6.07) is 6.42. The molecule has 26 heavy (non-hydrogen) atoms. The predicted molar refractivity (Wildman–Crippen MR) is 98.7 cm³/mol. The Morgan fingerprint density at radius 2 is 1.46 bits per heavy atom. The maximum atomic E-state index is 12.2. The van der Waals surface area contributed by atoms with Gasteiger partial charge in [-0.2, -0.15) is 0 Å². The summed E-state index contributed by atoms with van der Waals surface area (Å²) in [5.41, 5.74) is 2.30. The molecule has 6 nitrogen and oxygen atoms in total. The van der Waals surface area contributed by atoms with Crippen LogP contribution in [0, 0.1) is 5.41 Å². The zero-order valence-electron chi connectivity index (χ0n) is 16.5. The minimum absolute atomic E-state index is 0.0165. The molecule has 0 aromatic heterocycles. The molecule has 0 radical (unpaired) electrons. The van der Waals surface area contributed by atoms with Gasteiger partial charge in [-0.3, -0.25) is 19.2 Å². The maximum Gasteiger partial charge on any atom is 0.306 e. The van der Waals surface area contributed by atoms with E-state index >= 15 is 0 Å². The lowest BCUT2D eigenvalue weighted by molar-refractivity contribution is -0.155.